The molecule has 0 heterocycles. The van der Waals surface area contributed by atoms with Crippen molar-refractivity contribution in [3.8, 4) is 11.5 Å². The summed E-state index contributed by atoms with van der Waals surface area (Å²) in [5.41, 5.74) is 1.96. The van der Waals surface area contributed by atoms with Gasteiger partial charge in [-0.3, -0.25) is 0 Å². The van der Waals surface area contributed by atoms with Gasteiger partial charge in [-0.05, 0) is 35.0 Å². The molecule has 0 bridgehead atoms. The second-order valence-corrected chi connectivity index (χ2v) is 5.45. The third-order valence-electron chi connectivity index (χ3n) is 3.27. The summed E-state index contributed by atoms with van der Waals surface area (Å²) in [7, 11) is 1.67. The SMILES string of the molecule is COc1ccccc1[C@H](C)NCc1cccc(Br)c1O. The second-order valence-electron chi connectivity index (χ2n) is 4.59. The van der Waals surface area contributed by atoms with E-state index in [-0.39, 0.29) is 11.8 Å². The van der Waals surface area contributed by atoms with Crippen LogP contribution in [0.15, 0.2) is 46.9 Å². The molecule has 0 aliphatic carbocycles. The lowest BCUT2D eigenvalue weighted by Crippen LogP contribution is -2.18. The van der Waals surface area contributed by atoms with Crippen molar-refractivity contribution in [2.24, 2.45) is 0 Å². The quantitative estimate of drug-likeness (QED) is 0.867. The molecule has 20 heavy (non-hydrogen) atoms. The fourth-order valence-electron chi connectivity index (χ4n) is 2.10. The molecule has 0 saturated carbocycles. The number of halogens is 1. The van der Waals surface area contributed by atoms with Crippen LogP contribution in [0.5, 0.6) is 11.5 Å². The van der Waals surface area contributed by atoms with Gasteiger partial charge in [0.15, 0.2) is 0 Å². The highest BCUT2D eigenvalue weighted by Crippen LogP contribution is 2.29. The van der Waals surface area contributed by atoms with Gasteiger partial charge >= 0.3 is 0 Å². The van der Waals surface area contributed by atoms with Crippen LogP contribution in [0.1, 0.15) is 24.1 Å². The van der Waals surface area contributed by atoms with E-state index in [1.54, 1.807) is 7.11 Å². The molecule has 0 aliphatic rings. The predicted molar refractivity (Wildman–Crippen MR) is 84.1 cm³/mol. The Kier molecular flexibility index (Phi) is 5.04. The highest BCUT2D eigenvalue weighted by atomic mass is 79.9. The van der Waals surface area contributed by atoms with Crippen LogP contribution in [-0.4, -0.2) is 12.2 Å². The average molecular weight is 336 g/mol. The summed E-state index contributed by atoms with van der Waals surface area (Å²) in [6, 6.07) is 13.7. The van der Waals surface area contributed by atoms with Gasteiger partial charge in [0.25, 0.3) is 0 Å². The standard InChI is InChI=1S/C16H18BrNO2/c1-11(13-7-3-4-9-15(13)20-2)18-10-12-6-5-8-14(17)16(12)19/h3-9,11,18-19H,10H2,1-2H3/t11-/m0/s1. The van der Waals surface area contributed by atoms with Crippen LogP contribution in [0.3, 0.4) is 0 Å². The van der Waals surface area contributed by atoms with E-state index in [2.05, 4.69) is 28.2 Å². The van der Waals surface area contributed by atoms with E-state index in [9.17, 15) is 5.11 Å². The van der Waals surface area contributed by atoms with Crippen molar-refractivity contribution < 1.29 is 9.84 Å². The molecule has 2 rings (SSSR count). The van der Waals surface area contributed by atoms with Crippen LogP contribution >= 0.6 is 15.9 Å². The van der Waals surface area contributed by atoms with Crippen molar-refractivity contribution in [1.82, 2.24) is 5.32 Å². The van der Waals surface area contributed by atoms with Crippen LogP contribution in [0, 0.1) is 0 Å². The first-order valence-electron chi connectivity index (χ1n) is 6.46. The summed E-state index contributed by atoms with van der Waals surface area (Å²) in [6.45, 7) is 2.66. The van der Waals surface area contributed by atoms with Crippen molar-refractivity contribution in [3.05, 3.63) is 58.1 Å². The molecule has 0 amide bonds. The minimum absolute atomic E-state index is 0.129. The number of hydrogen-bond donors (Lipinski definition) is 2. The lowest BCUT2D eigenvalue weighted by molar-refractivity contribution is 0.400. The summed E-state index contributed by atoms with van der Waals surface area (Å²) in [4.78, 5) is 0. The van der Waals surface area contributed by atoms with Gasteiger partial charge in [0.2, 0.25) is 0 Å². The van der Waals surface area contributed by atoms with Crippen molar-refractivity contribution in [2.45, 2.75) is 19.5 Å². The number of aromatic hydroxyl groups is 1. The summed E-state index contributed by atoms with van der Waals surface area (Å²) in [5, 5.41) is 13.4. The first-order valence-corrected chi connectivity index (χ1v) is 7.25. The van der Waals surface area contributed by atoms with Gasteiger partial charge in [-0.25, -0.2) is 0 Å². The molecule has 0 spiro atoms. The Labute approximate surface area is 127 Å². The molecule has 0 saturated heterocycles. The van der Waals surface area contributed by atoms with Crippen molar-refractivity contribution in [3.63, 3.8) is 0 Å². The van der Waals surface area contributed by atoms with Gasteiger partial charge in [0.05, 0.1) is 11.6 Å². The fraction of sp³-hybridized carbons (Fsp3) is 0.250. The number of rotatable bonds is 5. The van der Waals surface area contributed by atoms with Gasteiger partial charge in [-0.2, -0.15) is 0 Å². The molecule has 4 heteroatoms. The van der Waals surface area contributed by atoms with E-state index in [0.717, 1.165) is 16.9 Å². The molecule has 2 aromatic rings. The Bertz CT molecular complexity index is 586. The molecule has 106 valence electrons. The van der Waals surface area contributed by atoms with Crippen LogP contribution in [0.25, 0.3) is 0 Å². The minimum Gasteiger partial charge on any atom is -0.506 e. The molecule has 0 radical (unpaired) electrons. The Balaban J connectivity index is 2.09. The molecular formula is C16H18BrNO2. The first-order chi connectivity index (χ1) is 9.63. The highest BCUT2D eigenvalue weighted by Gasteiger charge is 2.11. The Morgan fingerprint density at radius 1 is 1.20 bits per heavy atom. The molecular weight excluding hydrogens is 318 g/mol. The van der Waals surface area contributed by atoms with E-state index in [1.807, 2.05) is 42.5 Å². The molecule has 0 aliphatic heterocycles. The van der Waals surface area contributed by atoms with E-state index in [4.69, 9.17) is 4.74 Å². The maximum atomic E-state index is 9.97. The summed E-state index contributed by atoms with van der Waals surface area (Å²) >= 11 is 3.32. The molecule has 0 aromatic heterocycles. The zero-order chi connectivity index (χ0) is 14.5. The van der Waals surface area contributed by atoms with Crippen LogP contribution < -0.4 is 10.1 Å². The molecule has 1 atom stereocenters. The van der Waals surface area contributed by atoms with Gasteiger partial charge in [0.1, 0.15) is 11.5 Å². The summed E-state index contributed by atoms with van der Waals surface area (Å²) < 4.78 is 6.07. The molecule has 3 nitrogen and oxygen atoms in total. The first kappa shape index (κ1) is 14.9. The third kappa shape index (κ3) is 3.32. The van der Waals surface area contributed by atoms with E-state index >= 15 is 0 Å². The predicted octanol–water partition coefficient (Wildman–Crippen LogP) is 4.01. The van der Waals surface area contributed by atoms with Gasteiger partial charge in [-0.1, -0.05) is 30.3 Å². The van der Waals surface area contributed by atoms with Crippen molar-refractivity contribution in [1.29, 1.82) is 0 Å². The molecule has 0 unspecified atom stereocenters. The van der Waals surface area contributed by atoms with Crippen molar-refractivity contribution in [2.75, 3.05) is 7.11 Å². The number of ether oxygens (including phenoxy) is 1. The normalized spacial score (nSPS) is 12.2. The smallest absolute Gasteiger partial charge is 0.134 e. The maximum absolute atomic E-state index is 9.97. The van der Waals surface area contributed by atoms with Crippen molar-refractivity contribution >= 4 is 15.9 Å². The lowest BCUT2D eigenvalue weighted by atomic mass is 10.1. The second kappa shape index (κ2) is 6.77. The summed E-state index contributed by atoms with van der Waals surface area (Å²) in [5.74, 6) is 1.15. The van der Waals surface area contributed by atoms with Crippen LogP contribution in [0.4, 0.5) is 0 Å². The number of nitrogens with one attached hydrogen (secondary N) is 1. The minimum atomic E-state index is 0.129. The number of phenolic OH excluding ortho intramolecular Hbond substituents is 1. The summed E-state index contributed by atoms with van der Waals surface area (Å²) in [6.07, 6.45) is 0. The zero-order valence-corrected chi connectivity index (χ0v) is 13.1. The average Bonchev–Trinajstić information content (AvgIpc) is 2.48. The third-order valence-corrected chi connectivity index (χ3v) is 3.91. The Hall–Kier alpha value is -1.52. The van der Waals surface area contributed by atoms with E-state index in [1.165, 1.54) is 0 Å². The van der Waals surface area contributed by atoms with Crippen LogP contribution in [0.2, 0.25) is 0 Å². The van der Waals surface area contributed by atoms with E-state index in [0.29, 0.717) is 11.0 Å². The number of phenols is 1. The maximum Gasteiger partial charge on any atom is 0.134 e. The number of para-hydroxylation sites is 2. The van der Waals surface area contributed by atoms with Crippen LogP contribution in [-0.2, 0) is 6.54 Å². The zero-order valence-electron chi connectivity index (χ0n) is 11.6. The Morgan fingerprint density at radius 2 is 1.95 bits per heavy atom. The topological polar surface area (TPSA) is 41.5 Å². The van der Waals surface area contributed by atoms with Gasteiger partial charge < -0.3 is 15.2 Å². The molecule has 2 N–H and O–H groups in total. The molecule has 2 aromatic carbocycles. The fourth-order valence-corrected chi connectivity index (χ4v) is 2.51. The number of hydrogen-bond acceptors (Lipinski definition) is 3. The lowest BCUT2D eigenvalue weighted by Gasteiger charge is -2.17. The molecule has 0 fully saturated rings. The van der Waals surface area contributed by atoms with Gasteiger partial charge in [-0.15, -0.1) is 0 Å². The van der Waals surface area contributed by atoms with Gasteiger partial charge in [0, 0.05) is 23.7 Å². The Morgan fingerprint density at radius 3 is 2.70 bits per heavy atom. The number of methoxy groups -OCH3 is 1. The largest absolute Gasteiger partial charge is 0.506 e. The number of benzene rings is 2. The van der Waals surface area contributed by atoms with E-state index < -0.39 is 0 Å². The highest BCUT2D eigenvalue weighted by molar-refractivity contribution is 9.10. The monoisotopic (exact) mass is 335 g/mol.